The lowest BCUT2D eigenvalue weighted by Crippen LogP contribution is -2.45. The number of hydrogen-bond acceptors (Lipinski definition) is 3. The van der Waals surface area contributed by atoms with Crippen molar-refractivity contribution in [3.05, 3.63) is 0 Å². The quantitative estimate of drug-likeness (QED) is 0.686. The maximum atomic E-state index is 5.45. The second-order valence-electron chi connectivity index (χ2n) is 6.43. The second-order valence-corrected chi connectivity index (χ2v) is 6.43. The molecule has 3 unspecified atom stereocenters. The predicted molar refractivity (Wildman–Crippen MR) is 82.5 cm³/mol. The molecule has 0 radical (unpaired) electrons. The molecule has 19 heavy (non-hydrogen) atoms. The van der Waals surface area contributed by atoms with Gasteiger partial charge in [0.25, 0.3) is 0 Å². The molecule has 0 amide bonds. The SMILES string of the molecule is CCOCCN(C)CC1CC(C(C)C)CCC1NC. The van der Waals surface area contributed by atoms with Crippen LogP contribution in [0.15, 0.2) is 0 Å². The Morgan fingerprint density at radius 2 is 2.05 bits per heavy atom. The molecule has 0 aromatic carbocycles. The summed E-state index contributed by atoms with van der Waals surface area (Å²) in [5, 5.41) is 3.53. The van der Waals surface area contributed by atoms with Crippen LogP contribution in [0.3, 0.4) is 0 Å². The molecule has 1 rings (SSSR count). The molecule has 3 atom stereocenters. The van der Waals surface area contributed by atoms with Crippen molar-refractivity contribution in [3.63, 3.8) is 0 Å². The summed E-state index contributed by atoms with van der Waals surface area (Å²) in [6.45, 7) is 10.7. The van der Waals surface area contributed by atoms with E-state index in [4.69, 9.17) is 4.74 Å². The average molecular weight is 270 g/mol. The number of rotatable bonds is 8. The molecule has 3 heteroatoms. The van der Waals surface area contributed by atoms with Gasteiger partial charge in [-0.15, -0.1) is 0 Å². The molecule has 114 valence electrons. The summed E-state index contributed by atoms with van der Waals surface area (Å²) in [4.78, 5) is 2.44. The molecule has 0 saturated heterocycles. The van der Waals surface area contributed by atoms with Crippen LogP contribution < -0.4 is 5.32 Å². The van der Waals surface area contributed by atoms with E-state index in [0.29, 0.717) is 6.04 Å². The molecule has 0 aliphatic heterocycles. The first kappa shape index (κ1) is 16.9. The van der Waals surface area contributed by atoms with Gasteiger partial charge in [0, 0.05) is 25.7 Å². The Kier molecular flexibility index (Phi) is 7.96. The highest BCUT2D eigenvalue weighted by molar-refractivity contribution is 4.86. The molecular formula is C16H34N2O. The van der Waals surface area contributed by atoms with Crippen LogP contribution in [0.5, 0.6) is 0 Å². The highest BCUT2D eigenvalue weighted by atomic mass is 16.5. The minimum Gasteiger partial charge on any atom is -0.380 e. The zero-order valence-corrected chi connectivity index (χ0v) is 13.6. The fourth-order valence-corrected chi connectivity index (χ4v) is 3.34. The van der Waals surface area contributed by atoms with Crippen LogP contribution >= 0.6 is 0 Å². The van der Waals surface area contributed by atoms with E-state index in [2.05, 4.69) is 45.1 Å². The van der Waals surface area contributed by atoms with Crippen molar-refractivity contribution < 1.29 is 4.74 Å². The van der Waals surface area contributed by atoms with E-state index in [1.807, 2.05) is 0 Å². The molecule has 1 N–H and O–H groups in total. The van der Waals surface area contributed by atoms with Gasteiger partial charge in [0.15, 0.2) is 0 Å². The van der Waals surface area contributed by atoms with Gasteiger partial charge in [-0.2, -0.15) is 0 Å². The third kappa shape index (κ3) is 5.80. The highest BCUT2D eigenvalue weighted by Gasteiger charge is 2.31. The summed E-state index contributed by atoms with van der Waals surface area (Å²) in [5.74, 6) is 2.53. The lowest BCUT2D eigenvalue weighted by Gasteiger charge is -2.39. The summed E-state index contributed by atoms with van der Waals surface area (Å²) in [6.07, 6.45) is 4.10. The van der Waals surface area contributed by atoms with Crippen molar-refractivity contribution in [2.75, 3.05) is 40.4 Å². The zero-order valence-electron chi connectivity index (χ0n) is 13.6. The Labute approximate surface area is 120 Å². The Morgan fingerprint density at radius 3 is 2.63 bits per heavy atom. The van der Waals surface area contributed by atoms with Crippen LogP contribution in [0.4, 0.5) is 0 Å². The minimum absolute atomic E-state index is 0.699. The molecule has 0 aromatic rings. The van der Waals surface area contributed by atoms with Gasteiger partial charge in [-0.3, -0.25) is 0 Å². The summed E-state index contributed by atoms with van der Waals surface area (Å²) >= 11 is 0. The number of hydrogen-bond donors (Lipinski definition) is 1. The van der Waals surface area contributed by atoms with Gasteiger partial charge in [-0.05, 0) is 58.0 Å². The van der Waals surface area contributed by atoms with E-state index in [0.717, 1.165) is 37.5 Å². The van der Waals surface area contributed by atoms with Gasteiger partial charge in [-0.25, -0.2) is 0 Å². The molecule has 0 bridgehead atoms. The van der Waals surface area contributed by atoms with E-state index in [1.165, 1.54) is 25.8 Å². The van der Waals surface area contributed by atoms with Gasteiger partial charge in [0.1, 0.15) is 0 Å². The number of likely N-dealkylation sites (N-methyl/N-ethyl adjacent to an activating group) is 1. The lowest BCUT2D eigenvalue weighted by molar-refractivity contribution is 0.0966. The van der Waals surface area contributed by atoms with Gasteiger partial charge in [0.2, 0.25) is 0 Å². The van der Waals surface area contributed by atoms with Crippen LogP contribution in [-0.2, 0) is 4.74 Å². The van der Waals surface area contributed by atoms with Gasteiger partial charge in [0.05, 0.1) is 6.61 Å². The summed E-state index contributed by atoms with van der Waals surface area (Å²) in [5.41, 5.74) is 0. The van der Waals surface area contributed by atoms with Crippen molar-refractivity contribution in [3.8, 4) is 0 Å². The smallest absolute Gasteiger partial charge is 0.0593 e. The predicted octanol–water partition coefficient (Wildman–Crippen LogP) is 2.62. The minimum atomic E-state index is 0.699. The molecule has 1 aliphatic rings. The molecule has 0 heterocycles. The number of nitrogens with zero attached hydrogens (tertiary/aromatic N) is 1. The molecular weight excluding hydrogens is 236 g/mol. The second kappa shape index (κ2) is 8.93. The largest absolute Gasteiger partial charge is 0.380 e. The van der Waals surface area contributed by atoms with Gasteiger partial charge >= 0.3 is 0 Å². The van der Waals surface area contributed by atoms with Crippen molar-refractivity contribution in [1.29, 1.82) is 0 Å². The molecule has 3 nitrogen and oxygen atoms in total. The first-order chi connectivity index (χ1) is 9.08. The summed E-state index contributed by atoms with van der Waals surface area (Å²) in [6, 6.07) is 0.699. The van der Waals surface area contributed by atoms with E-state index in [1.54, 1.807) is 0 Å². The third-order valence-corrected chi connectivity index (χ3v) is 4.70. The fourth-order valence-electron chi connectivity index (χ4n) is 3.34. The van der Waals surface area contributed by atoms with Crippen LogP contribution in [0.25, 0.3) is 0 Å². The summed E-state index contributed by atoms with van der Waals surface area (Å²) < 4.78 is 5.45. The molecule has 1 saturated carbocycles. The van der Waals surface area contributed by atoms with E-state index in [9.17, 15) is 0 Å². The number of ether oxygens (including phenoxy) is 1. The summed E-state index contributed by atoms with van der Waals surface area (Å²) in [7, 11) is 4.35. The van der Waals surface area contributed by atoms with Crippen molar-refractivity contribution in [2.24, 2.45) is 17.8 Å². The lowest BCUT2D eigenvalue weighted by atomic mass is 9.73. The number of nitrogens with one attached hydrogen (secondary N) is 1. The van der Waals surface area contributed by atoms with E-state index in [-0.39, 0.29) is 0 Å². The van der Waals surface area contributed by atoms with Crippen molar-refractivity contribution in [1.82, 2.24) is 10.2 Å². The molecule has 0 aromatic heterocycles. The van der Waals surface area contributed by atoms with Gasteiger partial charge < -0.3 is 15.0 Å². The average Bonchev–Trinajstić information content (AvgIpc) is 2.38. The Balaban J connectivity index is 2.41. The maximum Gasteiger partial charge on any atom is 0.0593 e. The highest BCUT2D eigenvalue weighted by Crippen LogP contribution is 2.34. The normalized spacial score (nSPS) is 28.3. The zero-order chi connectivity index (χ0) is 14.3. The Morgan fingerprint density at radius 1 is 1.32 bits per heavy atom. The van der Waals surface area contributed by atoms with Crippen molar-refractivity contribution in [2.45, 2.75) is 46.1 Å². The van der Waals surface area contributed by atoms with Crippen LogP contribution in [0.2, 0.25) is 0 Å². The third-order valence-electron chi connectivity index (χ3n) is 4.70. The topological polar surface area (TPSA) is 24.5 Å². The van der Waals surface area contributed by atoms with Gasteiger partial charge in [-0.1, -0.05) is 13.8 Å². The van der Waals surface area contributed by atoms with Crippen LogP contribution in [-0.4, -0.2) is 51.3 Å². The van der Waals surface area contributed by atoms with Crippen LogP contribution in [0.1, 0.15) is 40.0 Å². The first-order valence-electron chi connectivity index (χ1n) is 8.02. The molecule has 0 spiro atoms. The van der Waals surface area contributed by atoms with Crippen molar-refractivity contribution >= 4 is 0 Å². The Hall–Kier alpha value is -0.120. The van der Waals surface area contributed by atoms with E-state index < -0.39 is 0 Å². The standard InChI is InChI=1S/C16H34N2O/c1-6-19-10-9-18(5)12-15-11-14(13(2)3)7-8-16(15)17-4/h13-17H,6-12H2,1-5H3. The fraction of sp³-hybridized carbons (Fsp3) is 1.00. The Bertz CT molecular complexity index is 233. The molecule has 1 fully saturated rings. The maximum absolute atomic E-state index is 5.45. The molecule has 1 aliphatic carbocycles. The van der Waals surface area contributed by atoms with E-state index >= 15 is 0 Å². The monoisotopic (exact) mass is 270 g/mol. The van der Waals surface area contributed by atoms with Crippen LogP contribution in [0, 0.1) is 17.8 Å². The first-order valence-corrected chi connectivity index (χ1v) is 8.02.